The number of ether oxygens (including phenoxy) is 1. The Morgan fingerprint density at radius 2 is 2.00 bits per heavy atom. The highest BCUT2D eigenvalue weighted by Crippen LogP contribution is 2.15. The van der Waals surface area contributed by atoms with E-state index in [1.807, 2.05) is 6.92 Å². The van der Waals surface area contributed by atoms with E-state index < -0.39 is 0 Å². The van der Waals surface area contributed by atoms with Crippen LogP contribution in [0.25, 0.3) is 0 Å². The molecule has 110 valence electrons. The van der Waals surface area contributed by atoms with Crippen molar-refractivity contribution in [3.63, 3.8) is 0 Å². The lowest BCUT2D eigenvalue weighted by atomic mass is 10.1. The predicted octanol–water partition coefficient (Wildman–Crippen LogP) is 3.79. The molecule has 0 saturated heterocycles. The number of nitrogens with zero attached hydrogens (tertiary/aromatic N) is 1. The van der Waals surface area contributed by atoms with Gasteiger partial charge in [-0.05, 0) is 43.5 Å². The maximum atomic E-state index is 11.6. The number of hydrogen-bond acceptors (Lipinski definition) is 3. The van der Waals surface area contributed by atoms with Crippen LogP contribution in [0.4, 0.5) is 0 Å². The van der Waals surface area contributed by atoms with Gasteiger partial charge in [0.1, 0.15) is 5.75 Å². The molecule has 0 bridgehead atoms. The van der Waals surface area contributed by atoms with E-state index in [9.17, 15) is 4.79 Å². The molecular formula is C15H21ClN2O2. The number of benzene rings is 1. The van der Waals surface area contributed by atoms with Gasteiger partial charge in [0.15, 0.2) is 6.61 Å². The van der Waals surface area contributed by atoms with Crippen molar-refractivity contribution in [1.82, 2.24) is 5.43 Å². The summed E-state index contributed by atoms with van der Waals surface area (Å²) in [6.45, 7) is 4.10. The average Bonchev–Trinajstić information content (AvgIpc) is 2.47. The number of nitrogens with one attached hydrogen (secondary N) is 1. The fourth-order valence-electron chi connectivity index (χ4n) is 1.55. The Kier molecular flexibility index (Phi) is 7.73. The van der Waals surface area contributed by atoms with Crippen LogP contribution in [0.5, 0.6) is 5.75 Å². The summed E-state index contributed by atoms with van der Waals surface area (Å²) in [5, 5.41) is 4.76. The van der Waals surface area contributed by atoms with Crippen molar-refractivity contribution in [3.05, 3.63) is 29.3 Å². The Labute approximate surface area is 125 Å². The van der Waals surface area contributed by atoms with Crippen LogP contribution in [0.2, 0.25) is 5.02 Å². The van der Waals surface area contributed by atoms with Gasteiger partial charge >= 0.3 is 0 Å². The van der Waals surface area contributed by atoms with Gasteiger partial charge in [-0.3, -0.25) is 4.79 Å². The number of rotatable bonds is 8. The SMILES string of the molecule is CCCC/C(CC)=N/NC(=O)COc1ccc(Cl)cc1. The minimum Gasteiger partial charge on any atom is -0.484 e. The molecule has 0 saturated carbocycles. The summed E-state index contributed by atoms with van der Waals surface area (Å²) in [5.41, 5.74) is 3.53. The van der Waals surface area contributed by atoms with E-state index in [-0.39, 0.29) is 12.5 Å². The van der Waals surface area contributed by atoms with E-state index in [0.29, 0.717) is 10.8 Å². The Morgan fingerprint density at radius 3 is 2.60 bits per heavy atom. The van der Waals surface area contributed by atoms with E-state index in [0.717, 1.165) is 31.4 Å². The van der Waals surface area contributed by atoms with E-state index in [1.54, 1.807) is 24.3 Å². The van der Waals surface area contributed by atoms with Gasteiger partial charge in [0.2, 0.25) is 0 Å². The Morgan fingerprint density at radius 1 is 1.30 bits per heavy atom. The number of carbonyl (C=O) groups excluding carboxylic acids is 1. The smallest absolute Gasteiger partial charge is 0.277 e. The second-order valence-electron chi connectivity index (χ2n) is 4.41. The summed E-state index contributed by atoms with van der Waals surface area (Å²) in [6, 6.07) is 6.87. The van der Waals surface area contributed by atoms with Crippen molar-refractivity contribution in [2.45, 2.75) is 39.5 Å². The zero-order chi connectivity index (χ0) is 14.8. The third kappa shape index (κ3) is 6.57. The molecule has 0 atom stereocenters. The zero-order valence-electron chi connectivity index (χ0n) is 12.0. The lowest BCUT2D eigenvalue weighted by molar-refractivity contribution is -0.123. The van der Waals surface area contributed by atoms with Gasteiger partial charge in [-0.1, -0.05) is 31.9 Å². The minimum absolute atomic E-state index is 0.0596. The number of hydrogen-bond donors (Lipinski definition) is 1. The Balaban J connectivity index is 2.35. The first-order valence-corrected chi connectivity index (χ1v) is 7.26. The maximum Gasteiger partial charge on any atom is 0.277 e. The van der Waals surface area contributed by atoms with Crippen LogP contribution in [0.3, 0.4) is 0 Å². The number of carbonyl (C=O) groups is 1. The van der Waals surface area contributed by atoms with Gasteiger partial charge in [-0.2, -0.15) is 5.10 Å². The molecule has 5 heteroatoms. The normalized spacial score (nSPS) is 11.2. The first-order valence-electron chi connectivity index (χ1n) is 6.88. The quantitative estimate of drug-likeness (QED) is 0.586. The third-order valence-electron chi connectivity index (χ3n) is 2.75. The first kappa shape index (κ1) is 16.5. The average molecular weight is 297 g/mol. The van der Waals surface area contributed by atoms with Crippen molar-refractivity contribution in [2.24, 2.45) is 5.10 Å². The summed E-state index contributed by atoms with van der Waals surface area (Å²) < 4.78 is 5.33. The molecule has 1 rings (SSSR count). The highest BCUT2D eigenvalue weighted by molar-refractivity contribution is 6.30. The Bertz CT molecular complexity index is 444. The molecule has 0 fully saturated rings. The summed E-state index contributed by atoms with van der Waals surface area (Å²) in [5.74, 6) is 0.345. The molecule has 0 aliphatic carbocycles. The molecule has 1 aromatic carbocycles. The van der Waals surface area contributed by atoms with Gasteiger partial charge < -0.3 is 4.74 Å². The summed E-state index contributed by atoms with van der Waals surface area (Å²) >= 11 is 5.76. The van der Waals surface area contributed by atoms with Gasteiger partial charge in [0.25, 0.3) is 5.91 Å². The third-order valence-corrected chi connectivity index (χ3v) is 3.00. The number of hydrazone groups is 1. The van der Waals surface area contributed by atoms with Crippen molar-refractivity contribution < 1.29 is 9.53 Å². The molecule has 4 nitrogen and oxygen atoms in total. The molecule has 0 aromatic heterocycles. The highest BCUT2D eigenvalue weighted by Gasteiger charge is 2.03. The van der Waals surface area contributed by atoms with Crippen molar-refractivity contribution in [2.75, 3.05) is 6.61 Å². The number of amides is 1. The largest absolute Gasteiger partial charge is 0.484 e. The second kappa shape index (κ2) is 9.37. The first-order chi connectivity index (χ1) is 9.65. The summed E-state index contributed by atoms with van der Waals surface area (Å²) in [4.78, 5) is 11.6. The molecule has 0 heterocycles. The zero-order valence-corrected chi connectivity index (χ0v) is 12.7. The van der Waals surface area contributed by atoms with Gasteiger partial charge in [0.05, 0.1) is 0 Å². The molecule has 1 N–H and O–H groups in total. The molecule has 0 aliphatic heterocycles. The Hall–Kier alpha value is -1.55. The van der Waals surface area contributed by atoms with Gasteiger partial charge in [-0.25, -0.2) is 5.43 Å². The fourth-order valence-corrected chi connectivity index (χ4v) is 1.67. The van der Waals surface area contributed by atoms with E-state index in [4.69, 9.17) is 16.3 Å². The summed E-state index contributed by atoms with van der Waals surface area (Å²) in [6.07, 6.45) is 3.97. The van der Waals surface area contributed by atoms with Crippen LogP contribution >= 0.6 is 11.6 Å². The molecule has 1 amide bonds. The van der Waals surface area contributed by atoms with E-state index in [1.165, 1.54) is 0 Å². The second-order valence-corrected chi connectivity index (χ2v) is 4.85. The molecule has 0 aliphatic rings. The molecule has 0 spiro atoms. The summed E-state index contributed by atoms with van der Waals surface area (Å²) in [7, 11) is 0. The van der Waals surface area contributed by atoms with E-state index in [2.05, 4.69) is 17.5 Å². The lowest BCUT2D eigenvalue weighted by Gasteiger charge is -2.06. The van der Waals surface area contributed by atoms with Crippen LogP contribution in [0.1, 0.15) is 39.5 Å². The van der Waals surface area contributed by atoms with Crippen LogP contribution in [0, 0.1) is 0 Å². The molecular weight excluding hydrogens is 276 g/mol. The fraction of sp³-hybridized carbons (Fsp3) is 0.467. The van der Waals surface area contributed by atoms with Crippen LogP contribution < -0.4 is 10.2 Å². The van der Waals surface area contributed by atoms with Crippen molar-refractivity contribution in [1.29, 1.82) is 0 Å². The predicted molar refractivity (Wildman–Crippen MR) is 82.3 cm³/mol. The standard InChI is InChI=1S/C15H21ClN2O2/c1-3-5-6-13(4-2)17-18-15(19)11-20-14-9-7-12(16)8-10-14/h7-10H,3-6,11H2,1-2H3,(H,18,19)/b17-13+. The van der Waals surface area contributed by atoms with Gasteiger partial charge in [0, 0.05) is 10.7 Å². The lowest BCUT2D eigenvalue weighted by Crippen LogP contribution is -2.25. The minimum atomic E-state index is -0.262. The highest BCUT2D eigenvalue weighted by atomic mass is 35.5. The van der Waals surface area contributed by atoms with Crippen molar-refractivity contribution in [3.8, 4) is 5.75 Å². The van der Waals surface area contributed by atoms with Crippen LogP contribution in [-0.2, 0) is 4.79 Å². The molecule has 20 heavy (non-hydrogen) atoms. The molecule has 0 radical (unpaired) electrons. The van der Waals surface area contributed by atoms with Crippen LogP contribution in [0.15, 0.2) is 29.4 Å². The van der Waals surface area contributed by atoms with Gasteiger partial charge in [-0.15, -0.1) is 0 Å². The van der Waals surface area contributed by atoms with Crippen molar-refractivity contribution >= 4 is 23.2 Å². The molecule has 1 aromatic rings. The molecule has 0 unspecified atom stereocenters. The maximum absolute atomic E-state index is 11.6. The number of unbranched alkanes of at least 4 members (excludes halogenated alkanes) is 1. The topological polar surface area (TPSA) is 50.7 Å². The number of halogens is 1. The van der Waals surface area contributed by atoms with E-state index >= 15 is 0 Å². The van der Waals surface area contributed by atoms with Crippen LogP contribution in [-0.4, -0.2) is 18.2 Å². The monoisotopic (exact) mass is 296 g/mol.